The summed E-state index contributed by atoms with van der Waals surface area (Å²) >= 11 is 6.18. The number of hydrogen-bond donors (Lipinski definition) is 1. The van der Waals surface area contributed by atoms with Crippen LogP contribution in [-0.4, -0.2) is 26.7 Å². The molecule has 23 heavy (non-hydrogen) atoms. The predicted octanol–water partition coefficient (Wildman–Crippen LogP) is 3.26. The van der Waals surface area contributed by atoms with Crippen molar-refractivity contribution in [2.24, 2.45) is 0 Å². The molecule has 0 unspecified atom stereocenters. The lowest BCUT2D eigenvalue weighted by molar-refractivity contribution is -0.120. The second kappa shape index (κ2) is 8.44. The molecular formula is C18H20ClNO3. The Morgan fingerprint density at radius 1 is 1.09 bits per heavy atom. The third-order valence-electron chi connectivity index (χ3n) is 3.52. The van der Waals surface area contributed by atoms with Crippen LogP contribution in [0.5, 0.6) is 11.5 Å². The average molecular weight is 334 g/mol. The summed E-state index contributed by atoms with van der Waals surface area (Å²) in [6, 6.07) is 13.0. The molecule has 1 amide bonds. The van der Waals surface area contributed by atoms with Crippen molar-refractivity contribution in [3.05, 3.63) is 58.6 Å². The molecule has 0 bridgehead atoms. The van der Waals surface area contributed by atoms with E-state index in [1.165, 1.54) is 0 Å². The highest BCUT2D eigenvalue weighted by atomic mass is 35.5. The number of amides is 1. The summed E-state index contributed by atoms with van der Waals surface area (Å²) in [5, 5.41) is 3.54. The van der Waals surface area contributed by atoms with E-state index in [-0.39, 0.29) is 5.91 Å². The Kier molecular flexibility index (Phi) is 6.29. The molecule has 0 aliphatic heterocycles. The van der Waals surface area contributed by atoms with Crippen molar-refractivity contribution in [1.82, 2.24) is 5.32 Å². The minimum absolute atomic E-state index is 0.0425. The molecule has 0 saturated heterocycles. The van der Waals surface area contributed by atoms with Crippen LogP contribution < -0.4 is 14.8 Å². The molecule has 2 aromatic rings. The topological polar surface area (TPSA) is 47.6 Å². The number of carbonyl (C=O) groups excluding carboxylic acids is 1. The number of carbonyl (C=O) groups is 1. The number of halogens is 1. The second-order valence-corrected chi connectivity index (χ2v) is 5.45. The quantitative estimate of drug-likeness (QED) is 0.846. The smallest absolute Gasteiger partial charge is 0.224 e. The van der Waals surface area contributed by atoms with Gasteiger partial charge in [0.2, 0.25) is 5.91 Å². The fourth-order valence-electron chi connectivity index (χ4n) is 2.28. The highest BCUT2D eigenvalue weighted by Gasteiger charge is 2.08. The van der Waals surface area contributed by atoms with E-state index in [4.69, 9.17) is 21.1 Å². The number of rotatable bonds is 7. The number of methoxy groups -OCH3 is 2. The van der Waals surface area contributed by atoms with Crippen LogP contribution in [0, 0.1) is 0 Å². The zero-order valence-electron chi connectivity index (χ0n) is 13.3. The van der Waals surface area contributed by atoms with Crippen LogP contribution in [0.1, 0.15) is 11.1 Å². The van der Waals surface area contributed by atoms with Gasteiger partial charge in [0.25, 0.3) is 0 Å². The molecule has 0 spiro atoms. The van der Waals surface area contributed by atoms with Gasteiger partial charge in [-0.15, -0.1) is 0 Å². The first-order valence-corrected chi connectivity index (χ1v) is 7.73. The van der Waals surface area contributed by atoms with Crippen LogP contribution in [0.2, 0.25) is 5.02 Å². The third-order valence-corrected chi connectivity index (χ3v) is 3.87. The lowest BCUT2D eigenvalue weighted by Gasteiger charge is -2.10. The number of benzene rings is 2. The van der Waals surface area contributed by atoms with Gasteiger partial charge in [-0.2, -0.15) is 0 Å². The summed E-state index contributed by atoms with van der Waals surface area (Å²) in [5.41, 5.74) is 1.85. The molecule has 0 atom stereocenters. The normalized spacial score (nSPS) is 10.2. The molecule has 0 heterocycles. The Bertz CT molecular complexity index is 673. The molecule has 2 aromatic carbocycles. The zero-order valence-corrected chi connectivity index (χ0v) is 14.0. The molecule has 0 fully saturated rings. The maximum absolute atomic E-state index is 12.0. The number of hydrogen-bond acceptors (Lipinski definition) is 3. The van der Waals surface area contributed by atoms with E-state index in [0.717, 1.165) is 22.6 Å². The zero-order chi connectivity index (χ0) is 16.7. The van der Waals surface area contributed by atoms with Gasteiger partial charge < -0.3 is 14.8 Å². The predicted molar refractivity (Wildman–Crippen MR) is 91.4 cm³/mol. The first kappa shape index (κ1) is 17.2. The lowest BCUT2D eigenvalue weighted by Crippen LogP contribution is -2.27. The molecule has 0 saturated carbocycles. The van der Waals surface area contributed by atoms with E-state index in [1.807, 2.05) is 36.4 Å². The van der Waals surface area contributed by atoms with Crippen molar-refractivity contribution in [2.75, 3.05) is 20.8 Å². The summed E-state index contributed by atoms with van der Waals surface area (Å²) in [5.74, 6) is 1.40. The van der Waals surface area contributed by atoms with E-state index in [0.29, 0.717) is 24.4 Å². The van der Waals surface area contributed by atoms with Gasteiger partial charge in [-0.25, -0.2) is 0 Å². The van der Waals surface area contributed by atoms with Crippen molar-refractivity contribution in [3.63, 3.8) is 0 Å². The van der Waals surface area contributed by atoms with E-state index < -0.39 is 0 Å². The van der Waals surface area contributed by atoms with Gasteiger partial charge in [0, 0.05) is 17.1 Å². The van der Waals surface area contributed by atoms with Crippen molar-refractivity contribution in [2.45, 2.75) is 12.8 Å². The molecule has 0 aromatic heterocycles. The highest BCUT2D eigenvalue weighted by Crippen LogP contribution is 2.22. The van der Waals surface area contributed by atoms with Gasteiger partial charge in [-0.3, -0.25) is 4.79 Å². The minimum atomic E-state index is -0.0425. The van der Waals surface area contributed by atoms with Crippen LogP contribution in [0.3, 0.4) is 0 Å². The van der Waals surface area contributed by atoms with Crippen molar-refractivity contribution in [1.29, 1.82) is 0 Å². The lowest BCUT2D eigenvalue weighted by atomic mass is 10.1. The fourth-order valence-corrected chi connectivity index (χ4v) is 2.54. The third kappa shape index (κ3) is 4.89. The van der Waals surface area contributed by atoms with Gasteiger partial charge in [-0.1, -0.05) is 35.9 Å². The Morgan fingerprint density at radius 2 is 1.87 bits per heavy atom. The van der Waals surface area contributed by atoms with E-state index in [1.54, 1.807) is 20.3 Å². The number of ether oxygens (including phenoxy) is 2. The Balaban J connectivity index is 1.85. The molecule has 0 aliphatic carbocycles. The molecule has 5 heteroatoms. The maximum atomic E-state index is 12.0. The standard InChI is InChI=1S/C18H20ClNO3/c1-22-15-8-7-13(16(19)12-15)9-10-20-18(21)11-14-5-3-4-6-17(14)23-2/h3-8,12H,9-11H2,1-2H3,(H,20,21). The van der Waals surface area contributed by atoms with Gasteiger partial charge in [0.05, 0.1) is 20.6 Å². The van der Waals surface area contributed by atoms with Crippen LogP contribution in [0.15, 0.2) is 42.5 Å². The molecule has 122 valence electrons. The molecule has 0 radical (unpaired) electrons. The van der Waals surface area contributed by atoms with Crippen molar-refractivity contribution in [3.8, 4) is 11.5 Å². The van der Waals surface area contributed by atoms with Gasteiger partial charge in [0.15, 0.2) is 0 Å². The number of para-hydroxylation sites is 1. The summed E-state index contributed by atoms with van der Waals surface area (Å²) in [7, 11) is 3.20. The fraction of sp³-hybridized carbons (Fsp3) is 0.278. The summed E-state index contributed by atoms with van der Waals surface area (Å²) in [6.07, 6.45) is 0.959. The summed E-state index contributed by atoms with van der Waals surface area (Å²) < 4.78 is 10.4. The maximum Gasteiger partial charge on any atom is 0.224 e. The second-order valence-electron chi connectivity index (χ2n) is 5.05. The first-order chi connectivity index (χ1) is 11.1. The Labute approximate surface area is 141 Å². The Morgan fingerprint density at radius 3 is 2.57 bits per heavy atom. The molecule has 1 N–H and O–H groups in total. The van der Waals surface area contributed by atoms with Crippen molar-refractivity contribution >= 4 is 17.5 Å². The van der Waals surface area contributed by atoms with E-state index in [9.17, 15) is 4.79 Å². The minimum Gasteiger partial charge on any atom is -0.497 e. The van der Waals surface area contributed by atoms with Gasteiger partial charge in [-0.05, 0) is 30.2 Å². The first-order valence-electron chi connectivity index (χ1n) is 7.35. The highest BCUT2D eigenvalue weighted by molar-refractivity contribution is 6.31. The van der Waals surface area contributed by atoms with E-state index in [2.05, 4.69) is 5.32 Å². The van der Waals surface area contributed by atoms with Crippen molar-refractivity contribution < 1.29 is 14.3 Å². The molecule has 0 aliphatic rings. The molecular weight excluding hydrogens is 314 g/mol. The van der Waals surface area contributed by atoms with Crippen LogP contribution >= 0.6 is 11.6 Å². The summed E-state index contributed by atoms with van der Waals surface area (Å²) in [6.45, 7) is 0.528. The summed E-state index contributed by atoms with van der Waals surface area (Å²) in [4.78, 5) is 12.0. The van der Waals surface area contributed by atoms with Crippen LogP contribution in [-0.2, 0) is 17.6 Å². The average Bonchev–Trinajstić information content (AvgIpc) is 2.56. The Hall–Kier alpha value is -2.20. The molecule has 4 nitrogen and oxygen atoms in total. The monoisotopic (exact) mass is 333 g/mol. The number of nitrogens with one attached hydrogen (secondary N) is 1. The van der Waals surface area contributed by atoms with Gasteiger partial charge >= 0.3 is 0 Å². The SMILES string of the molecule is COc1ccc(CCNC(=O)Cc2ccccc2OC)c(Cl)c1. The van der Waals surface area contributed by atoms with Crippen LogP contribution in [0.4, 0.5) is 0 Å². The van der Waals surface area contributed by atoms with Crippen LogP contribution in [0.25, 0.3) is 0 Å². The molecule has 2 rings (SSSR count). The van der Waals surface area contributed by atoms with E-state index >= 15 is 0 Å². The van der Waals surface area contributed by atoms with Gasteiger partial charge in [0.1, 0.15) is 11.5 Å². The largest absolute Gasteiger partial charge is 0.497 e.